The maximum absolute atomic E-state index is 3.57. The molecule has 2 nitrogen and oxygen atoms in total. The Hall–Kier alpha value is -0.0800. The van der Waals surface area contributed by atoms with E-state index in [1.165, 1.54) is 45.1 Å². The minimum Gasteiger partial charge on any atom is -0.344 e. The highest BCUT2D eigenvalue weighted by Gasteiger charge is 2.10. The predicted octanol–water partition coefficient (Wildman–Crippen LogP) is 2.48. The minimum atomic E-state index is 0. The lowest BCUT2D eigenvalue weighted by molar-refractivity contribution is 0.374. The first-order chi connectivity index (χ1) is 4.93. The molecule has 0 spiro atoms. The van der Waals surface area contributed by atoms with Gasteiger partial charge in [0.25, 0.3) is 0 Å². The van der Waals surface area contributed by atoms with Gasteiger partial charge < -0.3 is 11.5 Å². The Morgan fingerprint density at radius 1 is 1.18 bits per heavy atom. The zero-order chi connectivity index (χ0) is 7.23. The van der Waals surface area contributed by atoms with E-state index in [0.717, 1.165) is 6.04 Å². The Bertz CT molecular complexity index is 77.6. The van der Waals surface area contributed by atoms with Gasteiger partial charge >= 0.3 is 0 Å². The van der Waals surface area contributed by atoms with Gasteiger partial charge in [-0.2, -0.15) is 0 Å². The SMILES string of the molecule is CCCNC1CCCCC1.N. The Morgan fingerprint density at radius 3 is 2.36 bits per heavy atom. The van der Waals surface area contributed by atoms with Gasteiger partial charge in [-0.3, -0.25) is 0 Å². The third-order valence-corrected chi connectivity index (χ3v) is 2.29. The molecule has 0 aromatic heterocycles. The van der Waals surface area contributed by atoms with Crippen molar-refractivity contribution in [3.63, 3.8) is 0 Å². The molecule has 0 saturated heterocycles. The Kier molecular flexibility index (Phi) is 6.57. The minimum absolute atomic E-state index is 0. The van der Waals surface area contributed by atoms with E-state index in [0.29, 0.717) is 0 Å². The van der Waals surface area contributed by atoms with Crippen LogP contribution in [0.4, 0.5) is 0 Å². The van der Waals surface area contributed by atoms with E-state index < -0.39 is 0 Å². The summed E-state index contributed by atoms with van der Waals surface area (Å²) in [5, 5.41) is 3.57. The molecule has 1 aliphatic carbocycles. The van der Waals surface area contributed by atoms with Crippen molar-refractivity contribution in [1.82, 2.24) is 11.5 Å². The van der Waals surface area contributed by atoms with Crippen LogP contribution in [0.15, 0.2) is 0 Å². The molecule has 1 saturated carbocycles. The summed E-state index contributed by atoms with van der Waals surface area (Å²) in [5.41, 5.74) is 0. The zero-order valence-electron chi connectivity index (χ0n) is 7.73. The normalized spacial score (nSPS) is 19.4. The van der Waals surface area contributed by atoms with Gasteiger partial charge in [-0.25, -0.2) is 0 Å². The monoisotopic (exact) mass is 158 g/mol. The second-order valence-electron chi connectivity index (χ2n) is 3.29. The molecule has 0 aromatic carbocycles. The van der Waals surface area contributed by atoms with Crippen LogP contribution in [-0.2, 0) is 0 Å². The summed E-state index contributed by atoms with van der Waals surface area (Å²) in [7, 11) is 0. The molecule has 11 heavy (non-hydrogen) atoms. The summed E-state index contributed by atoms with van der Waals surface area (Å²) in [6.07, 6.45) is 8.46. The van der Waals surface area contributed by atoms with Gasteiger partial charge in [0.2, 0.25) is 0 Å². The molecule has 0 atom stereocenters. The molecular formula is C9H22N2. The first-order valence-electron chi connectivity index (χ1n) is 4.67. The maximum Gasteiger partial charge on any atom is 0.00670 e. The lowest BCUT2D eigenvalue weighted by Crippen LogP contribution is -2.31. The first kappa shape index (κ1) is 10.9. The Balaban J connectivity index is 0.000001000. The topological polar surface area (TPSA) is 47.0 Å². The van der Waals surface area contributed by atoms with Crippen LogP contribution in [0.3, 0.4) is 0 Å². The van der Waals surface area contributed by atoms with Crippen molar-refractivity contribution >= 4 is 0 Å². The number of hydrogen-bond donors (Lipinski definition) is 2. The number of nitrogens with one attached hydrogen (secondary N) is 1. The van der Waals surface area contributed by atoms with Crippen LogP contribution in [0.2, 0.25) is 0 Å². The fraction of sp³-hybridized carbons (Fsp3) is 1.00. The summed E-state index contributed by atoms with van der Waals surface area (Å²) < 4.78 is 0. The Morgan fingerprint density at radius 2 is 1.82 bits per heavy atom. The second kappa shape index (κ2) is 6.62. The van der Waals surface area contributed by atoms with Gasteiger partial charge in [-0.05, 0) is 25.8 Å². The third-order valence-electron chi connectivity index (χ3n) is 2.29. The second-order valence-corrected chi connectivity index (χ2v) is 3.29. The standard InChI is InChI=1S/C9H19N.H3N/c1-2-8-10-9-6-4-3-5-7-9;/h9-10H,2-8H2,1H3;1H3. The van der Waals surface area contributed by atoms with Crippen LogP contribution in [0.1, 0.15) is 45.4 Å². The molecule has 0 radical (unpaired) electrons. The maximum atomic E-state index is 3.57. The van der Waals surface area contributed by atoms with Crippen LogP contribution < -0.4 is 11.5 Å². The van der Waals surface area contributed by atoms with Gasteiger partial charge in [0.05, 0.1) is 0 Å². The van der Waals surface area contributed by atoms with Gasteiger partial charge in [-0.1, -0.05) is 26.2 Å². The first-order valence-corrected chi connectivity index (χ1v) is 4.67. The molecule has 0 aromatic rings. The molecule has 0 amide bonds. The van der Waals surface area contributed by atoms with Crippen molar-refractivity contribution in [2.24, 2.45) is 0 Å². The average molecular weight is 158 g/mol. The third kappa shape index (κ3) is 4.38. The van der Waals surface area contributed by atoms with Crippen molar-refractivity contribution in [2.45, 2.75) is 51.5 Å². The summed E-state index contributed by atoms with van der Waals surface area (Å²) in [6.45, 7) is 3.44. The summed E-state index contributed by atoms with van der Waals surface area (Å²) in [4.78, 5) is 0. The molecule has 0 heterocycles. The van der Waals surface area contributed by atoms with E-state index >= 15 is 0 Å². The van der Waals surface area contributed by atoms with Crippen LogP contribution in [0.5, 0.6) is 0 Å². The van der Waals surface area contributed by atoms with E-state index in [2.05, 4.69) is 12.2 Å². The van der Waals surface area contributed by atoms with Crippen molar-refractivity contribution in [3.05, 3.63) is 0 Å². The van der Waals surface area contributed by atoms with E-state index in [4.69, 9.17) is 0 Å². The van der Waals surface area contributed by atoms with E-state index in [9.17, 15) is 0 Å². The van der Waals surface area contributed by atoms with Crippen molar-refractivity contribution < 1.29 is 0 Å². The smallest absolute Gasteiger partial charge is 0.00670 e. The summed E-state index contributed by atoms with van der Waals surface area (Å²) in [5.74, 6) is 0. The van der Waals surface area contributed by atoms with Crippen LogP contribution >= 0.6 is 0 Å². The highest BCUT2D eigenvalue weighted by Crippen LogP contribution is 2.16. The van der Waals surface area contributed by atoms with Crippen molar-refractivity contribution in [3.8, 4) is 0 Å². The quantitative estimate of drug-likeness (QED) is 0.663. The van der Waals surface area contributed by atoms with Gasteiger partial charge in [-0.15, -0.1) is 0 Å². The molecule has 0 aliphatic heterocycles. The average Bonchev–Trinajstić information content (AvgIpc) is 2.03. The fourth-order valence-corrected chi connectivity index (χ4v) is 1.66. The fourth-order valence-electron chi connectivity index (χ4n) is 1.66. The highest BCUT2D eigenvalue weighted by molar-refractivity contribution is 4.70. The molecule has 1 aliphatic rings. The van der Waals surface area contributed by atoms with E-state index in [1.807, 2.05) is 0 Å². The van der Waals surface area contributed by atoms with Crippen molar-refractivity contribution in [2.75, 3.05) is 6.54 Å². The molecular weight excluding hydrogens is 136 g/mol. The highest BCUT2D eigenvalue weighted by atomic mass is 14.9. The van der Waals surface area contributed by atoms with Crippen molar-refractivity contribution in [1.29, 1.82) is 0 Å². The van der Waals surface area contributed by atoms with Crippen LogP contribution in [-0.4, -0.2) is 12.6 Å². The van der Waals surface area contributed by atoms with Crippen LogP contribution in [0, 0.1) is 0 Å². The summed E-state index contributed by atoms with van der Waals surface area (Å²) >= 11 is 0. The van der Waals surface area contributed by atoms with Gasteiger partial charge in [0, 0.05) is 6.04 Å². The number of hydrogen-bond acceptors (Lipinski definition) is 2. The zero-order valence-corrected chi connectivity index (χ0v) is 7.73. The lowest BCUT2D eigenvalue weighted by atomic mass is 9.95. The van der Waals surface area contributed by atoms with Crippen LogP contribution in [0.25, 0.3) is 0 Å². The van der Waals surface area contributed by atoms with Gasteiger partial charge in [0.1, 0.15) is 0 Å². The molecule has 68 valence electrons. The molecule has 4 N–H and O–H groups in total. The molecule has 0 unspecified atom stereocenters. The molecule has 1 fully saturated rings. The predicted molar refractivity (Wildman–Crippen MR) is 50.2 cm³/mol. The largest absolute Gasteiger partial charge is 0.344 e. The summed E-state index contributed by atoms with van der Waals surface area (Å²) in [6, 6.07) is 0.855. The van der Waals surface area contributed by atoms with E-state index in [1.54, 1.807) is 0 Å². The van der Waals surface area contributed by atoms with E-state index in [-0.39, 0.29) is 6.15 Å². The molecule has 2 heteroatoms. The molecule has 1 rings (SSSR count). The lowest BCUT2D eigenvalue weighted by Gasteiger charge is -2.22. The van der Waals surface area contributed by atoms with Gasteiger partial charge in [0.15, 0.2) is 0 Å². The Labute approximate surface area is 70.3 Å². The molecule has 0 bridgehead atoms. The number of rotatable bonds is 3.